The molecule has 150 valence electrons. The van der Waals surface area contributed by atoms with Gasteiger partial charge in [-0.15, -0.1) is 24.0 Å². The van der Waals surface area contributed by atoms with E-state index in [4.69, 9.17) is 0 Å². The molecule has 0 aliphatic rings. The van der Waals surface area contributed by atoms with E-state index in [1.807, 2.05) is 26.0 Å². The van der Waals surface area contributed by atoms with Crippen LogP contribution in [0.15, 0.2) is 47.5 Å². The van der Waals surface area contributed by atoms with Gasteiger partial charge >= 0.3 is 0 Å². The first-order chi connectivity index (χ1) is 12.1. The van der Waals surface area contributed by atoms with Crippen molar-refractivity contribution in [1.29, 1.82) is 0 Å². The Kier molecular flexibility index (Phi) is 8.49. The van der Waals surface area contributed by atoms with Crippen molar-refractivity contribution in [2.45, 2.75) is 32.4 Å². The second-order valence-corrected chi connectivity index (χ2v) is 8.90. The van der Waals surface area contributed by atoms with Crippen molar-refractivity contribution in [1.82, 2.24) is 15.4 Å². The summed E-state index contributed by atoms with van der Waals surface area (Å²) in [5.41, 5.74) is 0.525. The van der Waals surface area contributed by atoms with E-state index in [9.17, 15) is 8.42 Å². The third kappa shape index (κ3) is 7.63. The lowest BCUT2D eigenvalue weighted by atomic mass is 10.0. The van der Waals surface area contributed by atoms with Gasteiger partial charge in [0.05, 0.1) is 12.3 Å². The van der Waals surface area contributed by atoms with E-state index in [1.165, 1.54) is 10.8 Å². The molecule has 1 unspecified atom stereocenters. The average molecular weight is 504 g/mol. The van der Waals surface area contributed by atoms with Gasteiger partial charge in [0.25, 0.3) is 0 Å². The Morgan fingerprint density at radius 1 is 1.15 bits per heavy atom. The number of hydrogen-bond acceptors (Lipinski definition) is 3. The number of nitrogens with one attached hydrogen (secondary N) is 3. The standard InChI is InChI=1S/C19H28N4O2S.HI/c1-14(16-11-10-15-8-6-7-9-17(15)12-16)22-18(20-4)21-13-19(2,3)23-26(5,24)25;/h6-12,14,23H,13H2,1-5H3,(H2,20,21,22);1H. The molecule has 0 aliphatic carbocycles. The SMILES string of the molecule is CN=C(NCC(C)(C)NS(C)(=O)=O)NC(C)c1ccc2ccccc2c1.I. The van der Waals surface area contributed by atoms with Crippen LogP contribution in [0.4, 0.5) is 0 Å². The van der Waals surface area contributed by atoms with E-state index in [1.54, 1.807) is 7.05 Å². The predicted octanol–water partition coefficient (Wildman–Crippen LogP) is 3.01. The molecule has 0 saturated carbocycles. The lowest BCUT2D eigenvalue weighted by molar-refractivity contribution is 0.445. The van der Waals surface area contributed by atoms with Crippen LogP contribution in [0.25, 0.3) is 10.8 Å². The van der Waals surface area contributed by atoms with Crippen LogP contribution in [0.3, 0.4) is 0 Å². The first kappa shape index (κ1) is 23.6. The zero-order chi connectivity index (χ0) is 19.4. The minimum absolute atomic E-state index is 0. The molecule has 3 N–H and O–H groups in total. The van der Waals surface area contributed by atoms with Gasteiger partial charge in [0.2, 0.25) is 10.0 Å². The molecular formula is C19H29IN4O2S. The van der Waals surface area contributed by atoms with Crippen LogP contribution >= 0.6 is 24.0 Å². The fourth-order valence-corrected chi connectivity index (χ4v) is 3.88. The Hall–Kier alpha value is -1.39. The van der Waals surface area contributed by atoms with Crippen molar-refractivity contribution in [3.8, 4) is 0 Å². The summed E-state index contributed by atoms with van der Waals surface area (Å²) in [6.07, 6.45) is 1.16. The van der Waals surface area contributed by atoms with Gasteiger partial charge in [-0.2, -0.15) is 0 Å². The summed E-state index contributed by atoms with van der Waals surface area (Å²) in [5, 5.41) is 8.93. The predicted molar refractivity (Wildman–Crippen MR) is 124 cm³/mol. The second-order valence-electron chi connectivity index (χ2n) is 7.16. The Balaban J connectivity index is 0.00000364. The molecule has 0 saturated heterocycles. The third-order valence-electron chi connectivity index (χ3n) is 4.01. The van der Waals surface area contributed by atoms with Crippen molar-refractivity contribution in [3.05, 3.63) is 48.0 Å². The summed E-state index contributed by atoms with van der Waals surface area (Å²) in [6.45, 7) is 6.11. The highest BCUT2D eigenvalue weighted by molar-refractivity contribution is 14.0. The Morgan fingerprint density at radius 2 is 1.78 bits per heavy atom. The van der Waals surface area contributed by atoms with Gasteiger partial charge in [-0.1, -0.05) is 36.4 Å². The van der Waals surface area contributed by atoms with E-state index in [0.717, 1.165) is 11.8 Å². The van der Waals surface area contributed by atoms with Crippen LogP contribution in [0, 0.1) is 0 Å². The van der Waals surface area contributed by atoms with E-state index < -0.39 is 15.6 Å². The molecule has 0 heterocycles. The van der Waals surface area contributed by atoms with Crippen molar-refractivity contribution >= 4 is 50.7 Å². The van der Waals surface area contributed by atoms with Crippen LogP contribution in [-0.2, 0) is 10.0 Å². The highest BCUT2D eigenvalue weighted by Crippen LogP contribution is 2.20. The molecule has 2 rings (SSSR count). The molecule has 8 heteroatoms. The smallest absolute Gasteiger partial charge is 0.209 e. The monoisotopic (exact) mass is 504 g/mol. The molecule has 0 spiro atoms. The van der Waals surface area contributed by atoms with Crippen LogP contribution in [0.1, 0.15) is 32.4 Å². The summed E-state index contributed by atoms with van der Waals surface area (Å²) >= 11 is 0. The number of rotatable bonds is 6. The average Bonchev–Trinajstić information content (AvgIpc) is 2.55. The van der Waals surface area contributed by atoms with Crippen LogP contribution in [-0.4, -0.2) is 39.8 Å². The van der Waals surface area contributed by atoms with Crippen molar-refractivity contribution < 1.29 is 8.42 Å². The summed E-state index contributed by atoms with van der Waals surface area (Å²) in [5.74, 6) is 0.619. The van der Waals surface area contributed by atoms with Crippen LogP contribution < -0.4 is 15.4 Å². The lowest BCUT2D eigenvalue weighted by Gasteiger charge is -2.27. The summed E-state index contributed by atoms with van der Waals surface area (Å²) in [6, 6.07) is 14.7. The minimum atomic E-state index is -3.27. The Labute approximate surface area is 179 Å². The molecule has 0 amide bonds. The van der Waals surface area contributed by atoms with E-state index in [-0.39, 0.29) is 30.0 Å². The first-order valence-corrected chi connectivity index (χ1v) is 10.4. The number of sulfonamides is 1. The highest BCUT2D eigenvalue weighted by atomic mass is 127. The molecular weight excluding hydrogens is 475 g/mol. The summed E-state index contributed by atoms with van der Waals surface area (Å²) < 4.78 is 25.5. The largest absolute Gasteiger partial charge is 0.355 e. The number of fused-ring (bicyclic) bond motifs is 1. The number of benzene rings is 2. The fraction of sp³-hybridized carbons (Fsp3) is 0.421. The van der Waals surface area contributed by atoms with Gasteiger partial charge in [-0.25, -0.2) is 13.1 Å². The number of halogens is 1. The number of guanidine groups is 1. The molecule has 0 bridgehead atoms. The van der Waals surface area contributed by atoms with E-state index >= 15 is 0 Å². The molecule has 0 radical (unpaired) electrons. The molecule has 2 aromatic carbocycles. The van der Waals surface area contributed by atoms with E-state index in [2.05, 4.69) is 57.6 Å². The summed E-state index contributed by atoms with van der Waals surface area (Å²) in [7, 11) is -1.58. The maximum Gasteiger partial charge on any atom is 0.209 e. The number of hydrogen-bond donors (Lipinski definition) is 3. The molecule has 2 aromatic rings. The molecule has 0 aliphatic heterocycles. The zero-order valence-electron chi connectivity index (χ0n) is 16.4. The second kappa shape index (κ2) is 9.70. The van der Waals surface area contributed by atoms with Crippen molar-refractivity contribution in [3.63, 3.8) is 0 Å². The normalized spacial score (nSPS) is 13.7. The quantitative estimate of drug-likeness (QED) is 0.321. The van der Waals surface area contributed by atoms with Gasteiger partial charge in [0.15, 0.2) is 5.96 Å². The summed E-state index contributed by atoms with van der Waals surface area (Å²) in [4.78, 5) is 4.23. The number of nitrogens with zero attached hydrogens (tertiary/aromatic N) is 1. The van der Waals surface area contributed by atoms with Gasteiger partial charge in [0, 0.05) is 19.1 Å². The van der Waals surface area contributed by atoms with Crippen LogP contribution in [0.2, 0.25) is 0 Å². The van der Waals surface area contributed by atoms with E-state index in [0.29, 0.717) is 12.5 Å². The molecule has 6 nitrogen and oxygen atoms in total. The highest BCUT2D eigenvalue weighted by Gasteiger charge is 2.22. The molecule has 0 aromatic heterocycles. The minimum Gasteiger partial charge on any atom is -0.355 e. The Bertz CT molecular complexity index is 897. The Morgan fingerprint density at radius 3 is 2.37 bits per heavy atom. The van der Waals surface area contributed by atoms with Crippen molar-refractivity contribution in [2.75, 3.05) is 19.8 Å². The van der Waals surface area contributed by atoms with Gasteiger partial charge in [0.1, 0.15) is 0 Å². The van der Waals surface area contributed by atoms with Gasteiger partial charge < -0.3 is 10.6 Å². The molecule has 0 fully saturated rings. The zero-order valence-corrected chi connectivity index (χ0v) is 19.6. The lowest BCUT2D eigenvalue weighted by Crippen LogP contribution is -2.53. The van der Waals surface area contributed by atoms with Gasteiger partial charge in [-0.05, 0) is 43.2 Å². The first-order valence-electron chi connectivity index (χ1n) is 8.54. The number of aliphatic imine (C=N–C) groups is 1. The van der Waals surface area contributed by atoms with Crippen molar-refractivity contribution in [2.24, 2.45) is 4.99 Å². The fourth-order valence-electron chi connectivity index (χ4n) is 2.80. The van der Waals surface area contributed by atoms with Crippen LogP contribution in [0.5, 0.6) is 0 Å². The molecule has 1 atom stereocenters. The maximum absolute atomic E-state index is 11.4. The molecule has 27 heavy (non-hydrogen) atoms. The third-order valence-corrected chi connectivity index (χ3v) is 4.93. The van der Waals surface area contributed by atoms with Gasteiger partial charge in [-0.3, -0.25) is 4.99 Å². The maximum atomic E-state index is 11.4. The topological polar surface area (TPSA) is 82.6 Å².